The molecule has 0 unspecified atom stereocenters. The Bertz CT molecular complexity index is 416. The third kappa shape index (κ3) is 208. The first-order valence-corrected chi connectivity index (χ1v) is 4.27. The molecular weight excluding hydrogens is 696 g/mol. The molecule has 0 fully saturated rings. The quantitative estimate of drug-likeness (QED) is 0.166. The summed E-state index contributed by atoms with van der Waals surface area (Å²) in [7, 11) is 0. The summed E-state index contributed by atoms with van der Waals surface area (Å²) >= 11 is 0. The van der Waals surface area contributed by atoms with Crippen molar-refractivity contribution >= 4 is 47.8 Å². The summed E-state index contributed by atoms with van der Waals surface area (Å²) in [5.74, 6) is -17.5. The Morgan fingerprint density at radius 2 is 0.214 bits per heavy atom. The first-order chi connectivity index (χ1) is 10.6. The van der Waals surface area contributed by atoms with Crippen LogP contribution in [0.4, 0.5) is 0 Å². The van der Waals surface area contributed by atoms with E-state index in [9.17, 15) is 0 Å². The Morgan fingerprint density at radius 3 is 0.214 bits per heavy atom. The first kappa shape index (κ1) is 164. The number of carbonyl (C=O) groups is 8. The van der Waals surface area contributed by atoms with Crippen LogP contribution in [0.1, 0.15) is 0 Å². The summed E-state index contributed by atoms with van der Waals surface area (Å²) in [6, 6.07) is 0. The van der Waals surface area contributed by atoms with E-state index in [0.717, 1.165) is 0 Å². The number of carboxylic acids is 8. The minimum atomic E-state index is -2.19. The van der Waals surface area contributed by atoms with Gasteiger partial charge in [-0.3, -0.25) is 0 Å². The van der Waals surface area contributed by atoms with Crippen LogP contribution < -0.4 is 277 Å². The van der Waals surface area contributed by atoms with Gasteiger partial charge < -0.3 is 134 Å². The van der Waals surface area contributed by atoms with Crippen molar-refractivity contribution in [1.82, 2.24) is 0 Å². The maximum absolute atomic E-state index is 8.93. The molecule has 0 atom stereocenters. The molecule has 0 aliphatic carbocycles. The van der Waals surface area contributed by atoms with Gasteiger partial charge in [0.05, 0.1) is 47.8 Å². The molecule has 0 heterocycles. The molecule has 0 aromatic rings. The molecule has 26 nitrogen and oxygen atoms in total. The Kier molecular flexibility index (Phi) is 434. The van der Waals surface area contributed by atoms with E-state index >= 15 is 0 Å². The van der Waals surface area contributed by atoms with E-state index in [0.29, 0.717) is 0 Å². The number of hydrogen-bond acceptors (Lipinski definition) is 16. The summed E-state index contributed by atoms with van der Waals surface area (Å²) in [5.41, 5.74) is 0. The monoisotopic (exact) mass is 716 g/mol. The van der Waals surface area contributed by atoms with Gasteiger partial charge in [-0.25, -0.2) is 0 Å². The maximum Gasteiger partial charge on any atom is 1.00 e. The standard InChI is InChI=1S/4C2H2O4.8Na.10H2O/c4*3-1(4)2(5)6;;;;;;;;;;;;;;;;;;/h4*(H,3,4)(H,5,6);;;;;;;;;10*1H2/q;;;;8*+1;;;;;;;;;;/p-8. The molecule has 0 radical (unpaired) electrons. The molecule has 216 valence electrons. The topological polar surface area (TPSA) is 636 Å². The first-order valence-electron chi connectivity index (χ1n) is 4.27. The molecule has 0 aromatic heterocycles. The largest absolute Gasteiger partial charge is 1.00 e. The minimum Gasteiger partial charge on any atom is -0.543 e. The molecule has 42 heavy (non-hydrogen) atoms. The van der Waals surface area contributed by atoms with Crippen molar-refractivity contribution in [2.45, 2.75) is 0 Å². The second-order valence-corrected chi connectivity index (χ2v) is 2.30. The zero-order valence-electron chi connectivity index (χ0n) is 23.5. The third-order valence-electron chi connectivity index (χ3n) is 0.667. The number of rotatable bonds is 0. The van der Waals surface area contributed by atoms with Gasteiger partial charge in [-0.05, 0) is 0 Å². The van der Waals surface area contributed by atoms with E-state index in [-0.39, 0.29) is 291 Å². The van der Waals surface area contributed by atoms with Gasteiger partial charge in [-0.1, -0.05) is 0 Å². The zero-order valence-corrected chi connectivity index (χ0v) is 39.5. The summed E-state index contributed by atoms with van der Waals surface area (Å²) in [6.45, 7) is 0. The molecule has 20 N–H and O–H groups in total. The second kappa shape index (κ2) is 111. The molecule has 0 saturated heterocycles. The summed E-state index contributed by atoms with van der Waals surface area (Å²) < 4.78 is 0. The average Bonchev–Trinajstić information content (AvgIpc) is 2.40. The SMILES string of the molecule is O.O.O.O.O.O.O.O.O.O.O=C([O-])C(=O)[O-].O=C([O-])C(=O)[O-].O=C([O-])C(=O)[O-].O=C([O-])C(=O)[O-].[Na+].[Na+].[Na+].[Na+].[Na+].[Na+].[Na+].[Na+]. The van der Waals surface area contributed by atoms with E-state index in [4.69, 9.17) is 79.2 Å². The molecular formula is C8H20Na8O26. The number of carboxylic acid groups (broad SMARTS) is 8. The average molecular weight is 716 g/mol. The zero-order chi connectivity index (χ0) is 20.6. The maximum atomic E-state index is 8.93. The van der Waals surface area contributed by atoms with Crippen LogP contribution in [-0.4, -0.2) is 103 Å². The summed E-state index contributed by atoms with van der Waals surface area (Å²) in [4.78, 5) is 71.4. The summed E-state index contributed by atoms with van der Waals surface area (Å²) in [6.07, 6.45) is 0. The van der Waals surface area contributed by atoms with Crippen molar-refractivity contribution in [2.75, 3.05) is 0 Å². The van der Waals surface area contributed by atoms with E-state index in [1.54, 1.807) is 0 Å². The molecule has 34 heteroatoms. The van der Waals surface area contributed by atoms with Gasteiger partial charge in [0.15, 0.2) is 0 Å². The van der Waals surface area contributed by atoms with Crippen molar-refractivity contribution < 1.29 is 370 Å². The van der Waals surface area contributed by atoms with E-state index in [1.165, 1.54) is 0 Å². The molecule has 0 bridgehead atoms. The van der Waals surface area contributed by atoms with Gasteiger partial charge in [0.1, 0.15) is 0 Å². The molecule has 0 amide bonds. The fraction of sp³-hybridized carbons (Fsp3) is 0. The Labute approximate surface area is 410 Å². The van der Waals surface area contributed by atoms with Gasteiger partial charge in [0.2, 0.25) is 0 Å². The smallest absolute Gasteiger partial charge is 0.543 e. The van der Waals surface area contributed by atoms with Crippen molar-refractivity contribution in [2.24, 2.45) is 0 Å². The van der Waals surface area contributed by atoms with Crippen molar-refractivity contribution in [3.63, 3.8) is 0 Å². The van der Waals surface area contributed by atoms with Crippen LogP contribution in [0.3, 0.4) is 0 Å². The van der Waals surface area contributed by atoms with Crippen molar-refractivity contribution in [3.8, 4) is 0 Å². The van der Waals surface area contributed by atoms with Crippen molar-refractivity contribution in [3.05, 3.63) is 0 Å². The van der Waals surface area contributed by atoms with Crippen LogP contribution >= 0.6 is 0 Å². The third-order valence-corrected chi connectivity index (χ3v) is 0.667. The van der Waals surface area contributed by atoms with E-state index < -0.39 is 47.8 Å². The number of aliphatic carboxylic acids is 8. The van der Waals surface area contributed by atoms with E-state index in [2.05, 4.69) is 0 Å². The van der Waals surface area contributed by atoms with Gasteiger partial charge in [0, 0.05) is 0 Å². The molecule has 0 aliphatic rings. The fourth-order valence-corrected chi connectivity index (χ4v) is 0. The van der Waals surface area contributed by atoms with Crippen LogP contribution in [-0.2, 0) is 38.4 Å². The van der Waals surface area contributed by atoms with Crippen LogP contribution in [0.2, 0.25) is 0 Å². The van der Waals surface area contributed by atoms with Crippen LogP contribution in [0.15, 0.2) is 0 Å². The molecule has 0 rings (SSSR count). The Morgan fingerprint density at radius 1 is 0.190 bits per heavy atom. The number of carbonyl (C=O) groups excluding carboxylic acids is 8. The predicted octanol–water partition coefficient (Wildman–Crippen LogP) is -46.3. The summed E-state index contributed by atoms with van der Waals surface area (Å²) in [5, 5.41) is 71.4. The van der Waals surface area contributed by atoms with Crippen LogP contribution in [0.5, 0.6) is 0 Å². The van der Waals surface area contributed by atoms with Gasteiger partial charge in [0.25, 0.3) is 0 Å². The van der Waals surface area contributed by atoms with Gasteiger partial charge in [-0.2, -0.15) is 0 Å². The predicted molar refractivity (Wildman–Crippen MR) is 76.2 cm³/mol. The number of hydrogen-bond donors (Lipinski definition) is 0. The van der Waals surface area contributed by atoms with Crippen LogP contribution in [0, 0.1) is 0 Å². The Balaban J connectivity index is -0.00000000556. The molecule has 0 spiro atoms. The van der Waals surface area contributed by atoms with Gasteiger partial charge in [-0.15, -0.1) is 0 Å². The normalized spacial score (nSPS) is 4.19. The fourth-order valence-electron chi connectivity index (χ4n) is 0. The molecule has 0 aliphatic heterocycles. The van der Waals surface area contributed by atoms with Gasteiger partial charge >= 0.3 is 236 Å². The Hall–Kier alpha value is 3.36. The molecule has 0 saturated carbocycles. The van der Waals surface area contributed by atoms with Crippen molar-refractivity contribution in [1.29, 1.82) is 0 Å². The minimum absolute atomic E-state index is 0. The second-order valence-electron chi connectivity index (χ2n) is 2.30. The molecule has 0 aromatic carbocycles. The van der Waals surface area contributed by atoms with E-state index in [1.807, 2.05) is 0 Å². The van der Waals surface area contributed by atoms with Crippen LogP contribution in [0.25, 0.3) is 0 Å².